The molecule has 1 aliphatic rings. The number of carbonyl (C=O) groups excluding carboxylic acids is 2. The van der Waals surface area contributed by atoms with Crippen molar-refractivity contribution in [2.45, 2.75) is 33.1 Å². The van der Waals surface area contributed by atoms with E-state index in [0.717, 1.165) is 50.4 Å². The van der Waals surface area contributed by atoms with E-state index in [-0.39, 0.29) is 11.8 Å². The Morgan fingerprint density at radius 2 is 1.54 bits per heavy atom. The van der Waals surface area contributed by atoms with Crippen LogP contribution in [0, 0.1) is 0 Å². The molecule has 0 unspecified atom stereocenters. The van der Waals surface area contributed by atoms with E-state index in [0.29, 0.717) is 12.0 Å². The SMILES string of the molecule is CCCC(=O)N1CCN(c2ccc(NC(=O)c3ccc(CC)cc3)cc2)CC1. The van der Waals surface area contributed by atoms with Crippen molar-refractivity contribution in [1.82, 2.24) is 4.90 Å². The summed E-state index contributed by atoms with van der Waals surface area (Å²) in [5, 5.41) is 2.95. The fourth-order valence-corrected chi connectivity index (χ4v) is 3.44. The van der Waals surface area contributed by atoms with E-state index in [9.17, 15) is 9.59 Å². The summed E-state index contributed by atoms with van der Waals surface area (Å²) in [6.07, 6.45) is 2.49. The van der Waals surface area contributed by atoms with E-state index in [1.807, 2.05) is 60.4 Å². The van der Waals surface area contributed by atoms with Crippen LogP contribution >= 0.6 is 0 Å². The lowest BCUT2D eigenvalue weighted by Crippen LogP contribution is -2.48. The Bertz CT molecular complexity index is 792. The Balaban J connectivity index is 1.55. The van der Waals surface area contributed by atoms with Crippen molar-refractivity contribution in [1.29, 1.82) is 0 Å². The molecular formula is C23H29N3O2. The van der Waals surface area contributed by atoms with Crippen LogP contribution in [0.2, 0.25) is 0 Å². The number of rotatable bonds is 6. The highest BCUT2D eigenvalue weighted by atomic mass is 16.2. The molecule has 1 fully saturated rings. The molecule has 1 saturated heterocycles. The fraction of sp³-hybridized carbons (Fsp3) is 0.391. The molecule has 3 rings (SSSR count). The first-order valence-electron chi connectivity index (χ1n) is 10.1. The molecule has 0 radical (unpaired) electrons. The Morgan fingerprint density at radius 3 is 2.11 bits per heavy atom. The van der Waals surface area contributed by atoms with Gasteiger partial charge in [0.05, 0.1) is 0 Å². The number of nitrogens with one attached hydrogen (secondary N) is 1. The van der Waals surface area contributed by atoms with Gasteiger partial charge in [0, 0.05) is 49.5 Å². The van der Waals surface area contributed by atoms with Crippen molar-refractivity contribution in [2.24, 2.45) is 0 Å². The lowest BCUT2D eigenvalue weighted by Gasteiger charge is -2.36. The van der Waals surface area contributed by atoms with Crippen LogP contribution in [0.25, 0.3) is 0 Å². The minimum atomic E-state index is -0.0987. The highest BCUT2D eigenvalue weighted by Gasteiger charge is 2.20. The van der Waals surface area contributed by atoms with Crippen molar-refractivity contribution in [2.75, 3.05) is 36.4 Å². The molecule has 2 aromatic carbocycles. The number of carbonyl (C=O) groups is 2. The molecule has 5 heteroatoms. The topological polar surface area (TPSA) is 52.7 Å². The van der Waals surface area contributed by atoms with Gasteiger partial charge in [-0.25, -0.2) is 0 Å². The number of piperazine rings is 1. The van der Waals surface area contributed by atoms with Crippen LogP contribution in [0.5, 0.6) is 0 Å². The van der Waals surface area contributed by atoms with E-state index in [2.05, 4.69) is 17.1 Å². The molecule has 0 spiro atoms. The summed E-state index contributed by atoms with van der Waals surface area (Å²) < 4.78 is 0. The molecule has 2 amide bonds. The van der Waals surface area contributed by atoms with Crippen LogP contribution in [0.1, 0.15) is 42.6 Å². The largest absolute Gasteiger partial charge is 0.368 e. The second-order valence-electron chi connectivity index (χ2n) is 7.17. The Morgan fingerprint density at radius 1 is 0.893 bits per heavy atom. The third kappa shape index (κ3) is 4.91. The van der Waals surface area contributed by atoms with Crippen molar-refractivity contribution in [3.05, 3.63) is 59.7 Å². The second-order valence-corrected chi connectivity index (χ2v) is 7.17. The van der Waals surface area contributed by atoms with Gasteiger partial charge in [-0.05, 0) is 54.8 Å². The van der Waals surface area contributed by atoms with E-state index >= 15 is 0 Å². The molecule has 5 nitrogen and oxygen atoms in total. The molecule has 1 aliphatic heterocycles. The number of benzene rings is 2. The van der Waals surface area contributed by atoms with E-state index in [1.54, 1.807) is 0 Å². The fourth-order valence-electron chi connectivity index (χ4n) is 3.44. The average molecular weight is 380 g/mol. The highest BCUT2D eigenvalue weighted by molar-refractivity contribution is 6.04. The first kappa shape index (κ1) is 19.9. The zero-order chi connectivity index (χ0) is 19.9. The van der Waals surface area contributed by atoms with Gasteiger partial charge < -0.3 is 15.1 Å². The van der Waals surface area contributed by atoms with Crippen molar-refractivity contribution in [3.63, 3.8) is 0 Å². The molecule has 1 heterocycles. The van der Waals surface area contributed by atoms with Gasteiger partial charge in [0.25, 0.3) is 5.91 Å². The first-order valence-corrected chi connectivity index (χ1v) is 10.1. The molecule has 0 aliphatic carbocycles. The summed E-state index contributed by atoms with van der Waals surface area (Å²) in [5.41, 5.74) is 3.78. The Labute approximate surface area is 167 Å². The first-order chi connectivity index (χ1) is 13.6. The van der Waals surface area contributed by atoms with Crippen LogP contribution in [0.15, 0.2) is 48.5 Å². The van der Waals surface area contributed by atoms with Gasteiger partial charge in [-0.1, -0.05) is 26.0 Å². The summed E-state index contributed by atoms with van der Waals surface area (Å²) in [6.45, 7) is 7.35. The van der Waals surface area contributed by atoms with Gasteiger partial charge >= 0.3 is 0 Å². The molecule has 0 aromatic heterocycles. The maximum Gasteiger partial charge on any atom is 0.255 e. The van der Waals surface area contributed by atoms with Gasteiger partial charge in [-0.2, -0.15) is 0 Å². The maximum atomic E-state index is 12.4. The zero-order valence-corrected chi connectivity index (χ0v) is 16.8. The van der Waals surface area contributed by atoms with Crippen LogP contribution in [-0.4, -0.2) is 42.9 Å². The molecule has 1 N–H and O–H groups in total. The van der Waals surface area contributed by atoms with Gasteiger partial charge in [0.15, 0.2) is 0 Å². The van der Waals surface area contributed by atoms with Gasteiger partial charge in [-0.3, -0.25) is 9.59 Å². The zero-order valence-electron chi connectivity index (χ0n) is 16.8. The predicted octanol–water partition coefficient (Wildman–Crippen LogP) is 3.95. The molecule has 0 atom stereocenters. The summed E-state index contributed by atoms with van der Waals surface area (Å²) in [5.74, 6) is 0.158. The van der Waals surface area contributed by atoms with Crippen LogP contribution < -0.4 is 10.2 Å². The Hall–Kier alpha value is -2.82. The minimum Gasteiger partial charge on any atom is -0.368 e. The van der Waals surface area contributed by atoms with Crippen LogP contribution in [-0.2, 0) is 11.2 Å². The average Bonchev–Trinajstić information content (AvgIpc) is 2.74. The summed E-state index contributed by atoms with van der Waals surface area (Å²) in [6, 6.07) is 15.6. The molecule has 0 saturated carbocycles. The minimum absolute atomic E-state index is 0.0987. The van der Waals surface area contributed by atoms with E-state index in [4.69, 9.17) is 0 Å². The third-order valence-electron chi connectivity index (χ3n) is 5.21. The smallest absolute Gasteiger partial charge is 0.255 e. The lowest BCUT2D eigenvalue weighted by atomic mass is 10.1. The number of hydrogen-bond donors (Lipinski definition) is 1. The van der Waals surface area contributed by atoms with Crippen molar-refractivity contribution in [3.8, 4) is 0 Å². The van der Waals surface area contributed by atoms with Crippen molar-refractivity contribution >= 4 is 23.2 Å². The van der Waals surface area contributed by atoms with Crippen LogP contribution in [0.3, 0.4) is 0 Å². The maximum absolute atomic E-state index is 12.4. The molecule has 28 heavy (non-hydrogen) atoms. The second kappa shape index (κ2) is 9.40. The number of nitrogens with zero attached hydrogens (tertiary/aromatic N) is 2. The highest BCUT2D eigenvalue weighted by Crippen LogP contribution is 2.20. The number of amides is 2. The standard InChI is InChI=1S/C23H29N3O2/c1-3-5-22(27)26-16-14-25(15-17-26)21-12-10-20(11-13-21)24-23(28)19-8-6-18(4-2)7-9-19/h6-13H,3-5,14-17H2,1-2H3,(H,24,28). The number of aryl methyl sites for hydroxylation is 1. The summed E-state index contributed by atoms with van der Waals surface area (Å²) in [4.78, 5) is 28.6. The molecular weight excluding hydrogens is 350 g/mol. The van der Waals surface area contributed by atoms with Gasteiger partial charge in [0.2, 0.25) is 5.91 Å². The van der Waals surface area contributed by atoms with Gasteiger partial charge in [0.1, 0.15) is 0 Å². The van der Waals surface area contributed by atoms with E-state index in [1.165, 1.54) is 5.56 Å². The van der Waals surface area contributed by atoms with Crippen molar-refractivity contribution < 1.29 is 9.59 Å². The number of hydrogen-bond acceptors (Lipinski definition) is 3. The third-order valence-corrected chi connectivity index (χ3v) is 5.21. The summed E-state index contributed by atoms with van der Waals surface area (Å²) >= 11 is 0. The summed E-state index contributed by atoms with van der Waals surface area (Å²) in [7, 11) is 0. The predicted molar refractivity (Wildman–Crippen MR) is 114 cm³/mol. The molecule has 2 aromatic rings. The molecule has 148 valence electrons. The number of anilines is 2. The van der Waals surface area contributed by atoms with E-state index < -0.39 is 0 Å². The van der Waals surface area contributed by atoms with Gasteiger partial charge in [-0.15, -0.1) is 0 Å². The molecule has 0 bridgehead atoms. The van der Waals surface area contributed by atoms with Crippen LogP contribution in [0.4, 0.5) is 11.4 Å². The normalized spacial score (nSPS) is 14.1. The Kier molecular flexibility index (Phi) is 6.69. The quantitative estimate of drug-likeness (QED) is 0.827. The lowest BCUT2D eigenvalue weighted by molar-refractivity contribution is -0.131. The monoisotopic (exact) mass is 379 g/mol.